The number of carboxylic acids is 1. The number of halogens is 3. The number of H-pyrrole nitrogens is 1. The summed E-state index contributed by atoms with van der Waals surface area (Å²) >= 11 is 0. The van der Waals surface area contributed by atoms with E-state index in [0.29, 0.717) is 0 Å². The molecule has 0 fully saturated rings. The second kappa shape index (κ2) is 6.19. The Morgan fingerprint density at radius 2 is 2.15 bits per heavy atom. The van der Waals surface area contributed by atoms with E-state index < -0.39 is 52.5 Å². The molecule has 0 aliphatic heterocycles. The second-order valence-corrected chi connectivity index (χ2v) is 5.19. The molecule has 20 heavy (non-hydrogen) atoms. The summed E-state index contributed by atoms with van der Waals surface area (Å²) in [6.45, 7) is -2.47. The largest absolute Gasteiger partial charge is 0.478 e. The third-order valence-corrected chi connectivity index (χ3v) is 3.34. The van der Waals surface area contributed by atoms with Crippen LogP contribution < -0.4 is 4.72 Å². The molecule has 12 heteroatoms. The molecule has 0 saturated carbocycles. The molecule has 8 nitrogen and oxygen atoms in total. The minimum Gasteiger partial charge on any atom is -0.478 e. The van der Waals surface area contributed by atoms with Crippen LogP contribution in [0.2, 0.25) is 0 Å². The van der Waals surface area contributed by atoms with E-state index in [9.17, 15) is 26.4 Å². The molecule has 1 aromatic rings. The Kier molecular flexibility index (Phi) is 5.08. The second-order valence-electron chi connectivity index (χ2n) is 3.48. The molecule has 0 unspecified atom stereocenters. The molecule has 0 bridgehead atoms. The average molecular weight is 317 g/mol. The number of hydrogen-bond acceptors (Lipinski definition) is 5. The van der Waals surface area contributed by atoms with Crippen LogP contribution in [0.25, 0.3) is 0 Å². The predicted molar refractivity (Wildman–Crippen MR) is 57.6 cm³/mol. The fourth-order valence-electron chi connectivity index (χ4n) is 1.14. The van der Waals surface area contributed by atoms with Crippen LogP contribution in [0.4, 0.5) is 13.2 Å². The number of nitrogens with zero attached hydrogens (tertiary/aromatic N) is 1. The zero-order chi connectivity index (χ0) is 15.4. The maximum Gasteiger partial charge on any atom is 0.411 e. The van der Waals surface area contributed by atoms with Gasteiger partial charge >= 0.3 is 12.1 Å². The summed E-state index contributed by atoms with van der Waals surface area (Å²) in [6.07, 6.45) is -3.70. The quantitative estimate of drug-likeness (QED) is 0.607. The van der Waals surface area contributed by atoms with Crippen molar-refractivity contribution in [2.45, 2.75) is 11.2 Å². The number of alkyl halides is 3. The normalized spacial score (nSPS) is 12.6. The number of aromatic carboxylic acids is 1. The number of sulfonamides is 1. The lowest BCUT2D eigenvalue weighted by atomic mass is 10.4. The zero-order valence-corrected chi connectivity index (χ0v) is 10.6. The smallest absolute Gasteiger partial charge is 0.411 e. The zero-order valence-electron chi connectivity index (χ0n) is 9.77. The summed E-state index contributed by atoms with van der Waals surface area (Å²) in [7, 11) is -4.22. The van der Waals surface area contributed by atoms with Crippen molar-refractivity contribution in [1.82, 2.24) is 14.9 Å². The minimum absolute atomic E-state index is 0.448. The van der Waals surface area contributed by atoms with Gasteiger partial charge in [-0.25, -0.2) is 17.9 Å². The minimum atomic E-state index is -4.50. The molecular weight excluding hydrogens is 307 g/mol. The van der Waals surface area contributed by atoms with Gasteiger partial charge in [-0.15, -0.1) is 0 Å². The van der Waals surface area contributed by atoms with Crippen LogP contribution in [0.1, 0.15) is 10.4 Å². The lowest BCUT2D eigenvalue weighted by Crippen LogP contribution is -2.30. The lowest BCUT2D eigenvalue weighted by Gasteiger charge is -2.08. The standard InChI is InChI=1S/C8H10F3N3O5S/c9-8(10,11)4-19-2-1-13-20(17,18)6-5(7(15)16)3-12-14-6/h3,13H,1-2,4H2,(H,12,14)(H,15,16). The van der Waals surface area contributed by atoms with Gasteiger partial charge in [0.1, 0.15) is 12.2 Å². The van der Waals surface area contributed by atoms with E-state index in [2.05, 4.69) is 9.84 Å². The Morgan fingerprint density at radius 1 is 1.50 bits per heavy atom. The third-order valence-electron chi connectivity index (χ3n) is 1.91. The highest BCUT2D eigenvalue weighted by atomic mass is 32.2. The number of ether oxygens (including phenoxy) is 1. The number of rotatable bonds is 7. The number of aromatic nitrogens is 2. The maximum absolute atomic E-state index is 11.7. The molecule has 0 aromatic carbocycles. The molecule has 0 amide bonds. The molecule has 0 saturated heterocycles. The summed E-state index contributed by atoms with van der Waals surface area (Å²) in [6, 6.07) is 0. The van der Waals surface area contributed by atoms with Gasteiger partial charge in [0.2, 0.25) is 0 Å². The predicted octanol–water partition coefficient (Wildman–Crippen LogP) is -0.0349. The number of carbonyl (C=O) groups is 1. The molecule has 0 aliphatic rings. The average Bonchev–Trinajstić information content (AvgIpc) is 2.76. The fourth-order valence-corrected chi connectivity index (χ4v) is 2.24. The van der Waals surface area contributed by atoms with E-state index in [1.165, 1.54) is 0 Å². The van der Waals surface area contributed by atoms with E-state index in [-0.39, 0.29) is 0 Å². The van der Waals surface area contributed by atoms with E-state index in [4.69, 9.17) is 5.11 Å². The SMILES string of the molecule is O=C(O)c1cn[nH]c1S(=O)(=O)NCCOCC(F)(F)F. The first-order chi connectivity index (χ1) is 9.13. The molecule has 3 N–H and O–H groups in total. The van der Waals surface area contributed by atoms with Crippen molar-refractivity contribution in [2.24, 2.45) is 0 Å². The Morgan fingerprint density at radius 3 is 2.70 bits per heavy atom. The van der Waals surface area contributed by atoms with Crippen molar-refractivity contribution in [2.75, 3.05) is 19.8 Å². The van der Waals surface area contributed by atoms with Gasteiger partial charge < -0.3 is 9.84 Å². The molecule has 0 aliphatic carbocycles. The first-order valence-electron chi connectivity index (χ1n) is 5.04. The highest BCUT2D eigenvalue weighted by Gasteiger charge is 2.28. The van der Waals surface area contributed by atoms with Gasteiger partial charge in [-0.05, 0) is 0 Å². The molecule has 1 aromatic heterocycles. The summed E-state index contributed by atoms with van der Waals surface area (Å²) < 4.78 is 64.6. The van der Waals surface area contributed by atoms with Crippen molar-refractivity contribution < 1.29 is 36.2 Å². The van der Waals surface area contributed by atoms with Gasteiger partial charge in [0.25, 0.3) is 10.0 Å². The molecule has 0 radical (unpaired) electrons. The van der Waals surface area contributed by atoms with Gasteiger partial charge in [0, 0.05) is 6.54 Å². The molecule has 1 heterocycles. The van der Waals surface area contributed by atoms with Crippen molar-refractivity contribution in [3.63, 3.8) is 0 Å². The summed E-state index contributed by atoms with van der Waals surface area (Å²) in [5.74, 6) is -1.51. The van der Waals surface area contributed by atoms with Crippen LogP contribution in [0.3, 0.4) is 0 Å². The van der Waals surface area contributed by atoms with E-state index in [0.717, 1.165) is 6.20 Å². The molecule has 0 spiro atoms. The highest BCUT2D eigenvalue weighted by molar-refractivity contribution is 7.89. The van der Waals surface area contributed by atoms with Crippen molar-refractivity contribution in [3.8, 4) is 0 Å². The molecule has 0 atom stereocenters. The van der Waals surface area contributed by atoms with Gasteiger partial charge in [-0.1, -0.05) is 0 Å². The third kappa shape index (κ3) is 4.79. The van der Waals surface area contributed by atoms with Crippen molar-refractivity contribution in [1.29, 1.82) is 0 Å². The van der Waals surface area contributed by atoms with Gasteiger partial charge in [-0.3, -0.25) is 5.10 Å². The Labute approximate surface area is 111 Å². The summed E-state index contributed by atoms with van der Waals surface area (Å²) in [5.41, 5.74) is -0.575. The summed E-state index contributed by atoms with van der Waals surface area (Å²) in [5, 5.41) is 13.3. The number of nitrogens with one attached hydrogen (secondary N) is 2. The van der Waals surface area contributed by atoms with E-state index >= 15 is 0 Å². The number of hydrogen-bond donors (Lipinski definition) is 3. The Balaban J connectivity index is 2.54. The first kappa shape index (κ1) is 16.4. The van der Waals surface area contributed by atoms with Crippen LogP contribution >= 0.6 is 0 Å². The van der Waals surface area contributed by atoms with Crippen LogP contribution in [0, 0.1) is 0 Å². The highest BCUT2D eigenvalue weighted by Crippen LogP contribution is 2.14. The summed E-state index contributed by atoms with van der Waals surface area (Å²) in [4.78, 5) is 10.7. The maximum atomic E-state index is 11.7. The monoisotopic (exact) mass is 317 g/mol. The van der Waals surface area contributed by atoms with Crippen LogP contribution in [0.15, 0.2) is 11.2 Å². The van der Waals surface area contributed by atoms with Crippen LogP contribution in [0.5, 0.6) is 0 Å². The van der Waals surface area contributed by atoms with Gasteiger partial charge in [0.15, 0.2) is 5.03 Å². The van der Waals surface area contributed by atoms with Crippen molar-refractivity contribution >= 4 is 16.0 Å². The topological polar surface area (TPSA) is 121 Å². The molecular formula is C8H10F3N3O5S. The van der Waals surface area contributed by atoms with Crippen LogP contribution in [-0.4, -0.2) is 55.6 Å². The Hall–Kier alpha value is -1.66. The van der Waals surface area contributed by atoms with E-state index in [1.807, 2.05) is 9.82 Å². The van der Waals surface area contributed by atoms with Crippen LogP contribution in [-0.2, 0) is 14.8 Å². The first-order valence-corrected chi connectivity index (χ1v) is 6.52. The number of carboxylic acid groups (broad SMARTS) is 1. The molecule has 114 valence electrons. The Bertz CT molecular complexity index is 568. The van der Waals surface area contributed by atoms with Crippen molar-refractivity contribution in [3.05, 3.63) is 11.8 Å². The lowest BCUT2D eigenvalue weighted by molar-refractivity contribution is -0.173. The number of aromatic amines is 1. The van der Waals surface area contributed by atoms with E-state index in [1.54, 1.807) is 0 Å². The fraction of sp³-hybridized carbons (Fsp3) is 0.500. The molecule has 1 rings (SSSR count). The van der Waals surface area contributed by atoms with Gasteiger partial charge in [-0.2, -0.15) is 18.3 Å². The van der Waals surface area contributed by atoms with Gasteiger partial charge in [0.05, 0.1) is 12.8 Å².